The van der Waals surface area contributed by atoms with Crippen molar-refractivity contribution in [3.05, 3.63) is 30.1 Å². The Bertz CT molecular complexity index is 238. The van der Waals surface area contributed by atoms with Crippen molar-refractivity contribution in [3.8, 4) is 0 Å². The summed E-state index contributed by atoms with van der Waals surface area (Å²) in [5.74, 6) is 0. The Labute approximate surface area is 84.7 Å². The lowest BCUT2D eigenvalue weighted by atomic mass is 10.1. The molecule has 1 aromatic rings. The van der Waals surface area contributed by atoms with E-state index in [1.54, 1.807) is 19.5 Å². The molecule has 0 fully saturated rings. The summed E-state index contributed by atoms with van der Waals surface area (Å²) in [7, 11) is 1.68. The van der Waals surface area contributed by atoms with Crippen LogP contribution in [-0.4, -0.2) is 29.9 Å². The fraction of sp³-hybridized carbons (Fsp3) is 0.545. The fourth-order valence-corrected chi connectivity index (χ4v) is 1.36. The van der Waals surface area contributed by atoms with Crippen LogP contribution in [0.2, 0.25) is 0 Å². The summed E-state index contributed by atoms with van der Waals surface area (Å²) in [4.78, 5) is 3.93. The smallest absolute Gasteiger partial charge is 0.0581 e. The molecular formula is C11H17NO2. The maximum Gasteiger partial charge on any atom is 0.0581 e. The summed E-state index contributed by atoms with van der Waals surface area (Å²) in [6, 6.07) is 3.86. The van der Waals surface area contributed by atoms with Crippen LogP contribution in [0.15, 0.2) is 24.5 Å². The highest BCUT2D eigenvalue weighted by molar-refractivity contribution is 5.10. The van der Waals surface area contributed by atoms with E-state index < -0.39 is 0 Å². The number of hydrogen-bond donors (Lipinski definition) is 1. The summed E-state index contributed by atoms with van der Waals surface area (Å²) in [6.07, 6.45) is 5.62. The van der Waals surface area contributed by atoms with Crippen molar-refractivity contribution in [3.63, 3.8) is 0 Å². The summed E-state index contributed by atoms with van der Waals surface area (Å²) >= 11 is 0. The molecule has 1 unspecified atom stereocenters. The Morgan fingerprint density at radius 3 is 2.79 bits per heavy atom. The summed E-state index contributed by atoms with van der Waals surface area (Å²) in [5, 5.41) is 9.65. The molecule has 0 aliphatic rings. The van der Waals surface area contributed by atoms with E-state index in [1.807, 2.05) is 12.1 Å². The van der Waals surface area contributed by atoms with E-state index >= 15 is 0 Å². The van der Waals surface area contributed by atoms with Crippen LogP contribution in [-0.2, 0) is 11.2 Å². The van der Waals surface area contributed by atoms with Crippen molar-refractivity contribution < 1.29 is 9.84 Å². The van der Waals surface area contributed by atoms with E-state index in [9.17, 15) is 5.11 Å². The van der Waals surface area contributed by atoms with E-state index in [0.29, 0.717) is 13.0 Å². The highest BCUT2D eigenvalue weighted by atomic mass is 16.5. The van der Waals surface area contributed by atoms with Gasteiger partial charge in [-0.1, -0.05) is 0 Å². The zero-order valence-electron chi connectivity index (χ0n) is 8.52. The lowest BCUT2D eigenvalue weighted by molar-refractivity contribution is 0.135. The molecular weight excluding hydrogens is 178 g/mol. The molecule has 0 amide bonds. The molecule has 0 aromatic carbocycles. The number of ether oxygens (including phenoxy) is 1. The van der Waals surface area contributed by atoms with Crippen LogP contribution >= 0.6 is 0 Å². The van der Waals surface area contributed by atoms with Crippen molar-refractivity contribution in [2.45, 2.75) is 25.4 Å². The third-order valence-electron chi connectivity index (χ3n) is 2.11. The van der Waals surface area contributed by atoms with Gasteiger partial charge in [-0.25, -0.2) is 0 Å². The molecule has 1 aromatic heterocycles. The second-order valence-electron chi connectivity index (χ2n) is 3.35. The van der Waals surface area contributed by atoms with Crippen molar-refractivity contribution in [2.24, 2.45) is 0 Å². The SMILES string of the molecule is COCCCC(O)Cc1ccncc1. The predicted octanol–water partition coefficient (Wildman–Crippen LogP) is 1.41. The van der Waals surface area contributed by atoms with Crippen LogP contribution in [0, 0.1) is 0 Å². The maximum absolute atomic E-state index is 9.65. The van der Waals surface area contributed by atoms with Gasteiger partial charge in [-0.05, 0) is 37.0 Å². The predicted molar refractivity (Wildman–Crippen MR) is 55.1 cm³/mol. The molecule has 3 nitrogen and oxygen atoms in total. The molecule has 0 aliphatic carbocycles. The highest BCUT2D eigenvalue weighted by Crippen LogP contribution is 2.06. The molecule has 1 rings (SSSR count). The molecule has 1 N–H and O–H groups in total. The van der Waals surface area contributed by atoms with E-state index in [1.165, 1.54) is 0 Å². The standard InChI is InChI=1S/C11H17NO2/c1-14-8-2-3-11(13)9-10-4-6-12-7-5-10/h4-7,11,13H,2-3,8-9H2,1H3. The first kappa shape index (κ1) is 11.1. The van der Waals surface area contributed by atoms with Gasteiger partial charge in [0.25, 0.3) is 0 Å². The lowest BCUT2D eigenvalue weighted by Crippen LogP contribution is -2.11. The second kappa shape index (κ2) is 6.51. The minimum atomic E-state index is -0.271. The molecule has 14 heavy (non-hydrogen) atoms. The molecule has 1 atom stereocenters. The number of nitrogens with zero attached hydrogens (tertiary/aromatic N) is 1. The van der Waals surface area contributed by atoms with Crippen LogP contribution in [0.1, 0.15) is 18.4 Å². The van der Waals surface area contributed by atoms with Crippen LogP contribution in [0.25, 0.3) is 0 Å². The van der Waals surface area contributed by atoms with Crippen LogP contribution in [0.4, 0.5) is 0 Å². The zero-order chi connectivity index (χ0) is 10.2. The average Bonchev–Trinajstić information content (AvgIpc) is 2.20. The van der Waals surface area contributed by atoms with Gasteiger partial charge in [0.1, 0.15) is 0 Å². The molecule has 0 saturated carbocycles. The van der Waals surface area contributed by atoms with E-state index in [0.717, 1.165) is 18.4 Å². The number of hydrogen-bond acceptors (Lipinski definition) is 3. The minimum absolute atomic E-state index is 0.271. The number of methoxy groups -OCH3 is 1. The van der Waals surface area contributed by atoms with Crippen molar-refractivity contribution in [1.29, 1.82) is 0 Å². The topological polar surface area (TPSA) is 42.4 Å². The van der Waals surface area contributed by atoms with E-state index in [4.69, 9.17) is 4.74 Å². The Balaban J connectivity index is 2.23. The van der Waals surface area contributed by atoms with Crippen molar-refractivity contribution in [1.82, 2.24) is 4.98 Å². The Morgan fingerprint density at radius 1 is 1.43 bits per heavy atom. The molecule has 0 bridgehead atoms. The Morgan fingerprint density at radius 2 is 2.14 bits per heavy atom. The number of pyridine rings is 1. The van der Waals surface area contributed by atoms with E-state index in [-0.39, 0.29) is 6.10 Å². The third-order valence-corrected chi connectivity index (χ3v) is 2.11. The second-order valence-corrected chi connectivity index (χ2v) is 3.35. The van der Waals surface area contributed by atoms with Gasteiger partial charge in [0.15, 0.2) is 0 Å². The number of aliphatic hydroxyl groups excluding tert-OH is 1. The average molecular weight is 195 g/mol. The van der Waals surface area contributed by atoms with Crippen LogP contribution in [0.5, 0.6) is 0 Å². The highest BCUT2D eigenvalue weighted by Gasteiger charge is 2.04. The van der Waals surface area contributed by atoms with E-state index in [2.05, 4.69) is 4.98 Å². The molecule has 0 aliphatic heterocycles. The molecule has 3 heteroatoms. The van der Waals surface area contributed by atoms with Gasteiger partial charge in [-0.3, -0.25) is 4.98 Å². The summed E-state index contributed by atoms with van der Waals surface area (Å²) < 4.78 is 4.92. The molecule has 0 radical (unpaired) electrons. The number of aliphatic hydroxyl groups is 1. The largest absolute Gasteiger partial charge is 0.393 e. The van der Waals surface area contributed by atoms with Gasteiger partial charge in [-0.15, -0.1) is 0 Å². The van der Waals surface area contributed by atoms with Gasteiger partial charge in [0, 0.05) is 26.1 Å². The Hall–Kier alpha value is -0.930. The number of rotatable bonds is 6. The normalized spacial score (nSPS) is 12.7. The van der Waals surface area contributed by atoms with Crippen molar-refractivity contribution in [2.75, 3.05) is 13.7 Å². The van der Waals surface area contributed by atoms with Gasteiger partial charge in [-0.2, -0.15) is 0 Å². The third kappa shape index (κ3) is 4.35. The molecule has 0 saturated heterocycles. The van der Waals surface area contributed by atoms with Crippen molar-refractivity contribution >= 4 is 0 Å². The molecule has 1 heterocycles. The van der Waals surface area contributed by atoms with Gasteiger partial charge in [0.05, 0.1) is 6.10 Å². The monoisotopic (exact) mass is 195 g/mol. The zero-order valence-corrected chi connectivity index (χ0v) is 8.52. The molecule has 78 valence electrons. The van der Waals surface area contributed by atoms with Gasteiger partial charge in [0.2, 0.25) is 0 Å². The minimum Gasteiger partial charge on any atom is -0.393 e. The first-order valence-electron chi connectivity index (χ1n) is 4.89. The first-order valence-corrected chi connectivity index (χ1v) is 4.89. The lowest BCUT2D eigenvalue weighted by Gasteiger charge is -2.09. The fourth-order valence-electron chi connectivity index (χ4n) is 1.36. The molecule has 0 spiro atoms. The Kier molecular flexibility index (Phi) is 5.19. The summed E-state index contributed by atoms with van der Waals surface area (Å²) in [5.41, 5.74) is 1.13. The first-order chi connectivity index (χ1) is 6.83. The summed E-state index contributed by atoms with van der Waals surface area (Å²) in [6.45, 7) is 0.716. The van der Waals surface area contributed by atoms with Gasteiger partial charge >= 0.3 is 0 Å². The van der Waals surface area contributed by atoms with Crippen LogP contribution in [0.3, 0.4) is 0 Å². The quantitative estimate of drug-likeness (QED) is 0.698. The maximum atomic E-state index is 9.65. The van der Waals surface area contributed by atoms with Gasteiger partial charge < -0.3 is 9.84 Å². The number of aromatic nitrogens is 1. The van der Waals surface area contributed by atoms with Crippen LogP contribution < -0.4 is 0 Å².